The van der Waals surface area contributed by atoms with Crippen molar-refractivity contribution in [1.82, 2.24) is 5.32 Å². The lowest BCUT2D eigenvalue weighted by Crippen LogP contribution is -3.11. The van der Waals surface area contributed by atoms with Crippen LogP contribution in [0.25, 0.3) is 5.41 Å². The summed E-state index contributed by atoms with van der Waals surface area (Å²) in [6, 6.07) is 7.41. The van der Waals surface area contributed by atoms with E-state index < -0.39 is 0 Å². The predicted octanol–water partition coefficient (Wildman–Crippen LogP) is 0.713. The Morgan fingerprint density at radius 1 is 1.35 bits per heavy atom. The molecule has 0 radical (unpaired) electrons. The average Bonchev–Trinajstić information content (AvgIpc) is 2.63. The summed E-state index contributed by atoms with van der Waals surface area (Å²) in [4.78, 5) is 13.4. The zero-order chi connectivity index (χ0) is 18.9. The number of thiocarbonyl (C=S) groups is 1. The van der Waals surface area contributed by atoms with Crippen molar-refractivity contribution >= 4 is 29.0 Å². The molecule has 2 N–H and O–H groups in total. The van der Waals surface area contributed by atoms with Crippen LogP contribution in [0.3, 0.4) is 0 Å². The molecule has 1 aromatic carbocycles. The third kappa shape index (κ3) is 5.75. The van der Waals surface area contributed by atoms with E-state index in [1.54, 1.807) is 4.90 Å². The van der Waals surface area contributed by atoms with E-state index in [1.807, 2.05) is 31.2 Å². The van der Waals surface area contributed by atoms with Crippen molar-refractivity contribution in [2.75, 3.05) is 40.0 Å². The highest BCUT2D eigenvalue weighted by atomic mass is 32.1. The zero-order valence-corrected chi connectivity index (χ0v) is 16.0. The minimum absolute atomic E-state index is 0.150. The van der Waals surface area contributed by atoms with E-state index in [4.69, 9.17) is 27.1 Å². The minimum atomic E-state index is -0.262. The van der Waals surface area contributed by atoms with Gasteiger partial charge in [-0.1, -0.05) is 24.4 Å². The van der Waals surface area contributed by atoms with Gasteiger partial charge in [0, 0.05) is 17.9 Å². The van der Waals surface area contributed by atoms with Crippen LogP contribution >= 0.6 is 12.2 Å². The van der Waals surface area contributed by atoms with E-state index >= 15 is 0 Å². The summed E-state index contributed by atoms with van der Waals surface area (Å²) in [6.07, 6.45) is 0.247. The topological polar surface area (TPSA) is 74.3 Å². The molecule has 140 valence electrons. The predicted molar refractivity (Wildman–Crippen MR) is 105 cm³/mol. The van der Waals surface area contributed by atoms with Gasteiger partial charge in [-0.05, 0) is 24.6 Å². The number of hydrogen-bond donors (Lipinski definition) is 2. The molecule has 1 unspecified atom stereocenters. The zero-order valence-electron chi connectivity index (χ0n) is 15.2. The third-order valence-corrected chi connectivity index (χ3v) is 4.62. The summed E-state index contributed by atoms with van der Waals surface area (Å²) in [5.41, 5.74) is 1.34. The number of nitrogens with zero attached hydrogens (tertiary/aromatic N) is 1. The van der Waals surface area contributed by atoms with Gasteiger partial charge in [-0.15, -0.1) is 0 Å². The number of likely N-dealkylation sites (N-methyl/N-ethyl adjacent to an activating group) is 1. The Morgan fingerprint density at radius 3 is 2.50 bits per heavy atom. The highest BCUT2D eigenvalue weighted by molar-refractivity contribution is 7.80. The van der Waals surface area contributed by atoms with Crippen molar-refractivity contribution in [2.24, 2.45) is 0 Å². The Morgan fingerprint density at radius 2 is 2.00 bits per heavy atom. The number of carbonyl (C=O) groups excluding carboxylic acids is 1. The lowest BCUT2D eigenvalue weighted by Gasteiger charge is -2.26. The Hall–Kier alpha value is -2.05. The molecule has 2 heterocycles. The van der Waals surface area contributed by atoms with Gasteiger partial charge in [0.05, 0.1) is 26.9 Å². The summed E-state index contributed by atoms with van der Waals surface area (Å²) < 4.78 is 10.5. The molecule has 1 amide bonds. The van der Waals surface area contributed by atoms with Gasteiger partial charge >= 0.3 is 0 Å². The maximum Gasteiger partial charge on any atom is 0.225 e. The molecule has 6 nitrogen and oxygen atoms in total. The van der Waals surface area contributed by atoms with Crippen molar-refractivity contribution < 1.29 is 19.2 Å². The van der Waals surface area contributed by atoms with E-state index in [1.165, 1.54) is 13.1 Å². The molecule has 2 aliphatic heterocycles. The third-order valence-electron chi connectivity index (χ3n) is 4.30. The molecule has 1 atom stereocenters. The number of amides is 1. The first-order valence-electron chi connectivity index (χ1n) is 8.78. The van der Waals surface area contributed by atoms with E-state index in [0.717, 1.165) is 24.5 Å². The first-order valence-corrected chi connectivity index (χ1v) is 9.18. The smallest absolute Gasteiger partial charge is 0.225 e. The van der Waals surface area contributed by atoms with Crippen LogP contribution in [0.1, 0.15) is 24.8 Å². The summed E-state index contributed by atoms with van der Waals surface area (Å²) in [5, 5.41) is 11.7. The molecule has 0 saturated carbocycles. The van der Waals surface area contributed by atoms with E-state index in [2.05, 4.69) is 18.2 Å². The van der Waals surface area contributed by atoms with Crippen LogP contribution < -0.4 is 15.0 Å². The molecule has 0 aromatic heterocycles. The molecule has 2 aliphatic rings. The monoisotopic (exact) mass is 375 g/mol. The summed E-state index contributed by atoms with van der Waals surface area (Å²) in [7, 11) is 2.20. The van der Waals surface area contributed by atoms with Gasteiger partial charge < -0.3 is 25.1 Å². The normalized spacial score (nSPS) is 20.5. The molecule has 2 fully saturated rings. The van der Waals surface area contributed by atoms with Gasteiger partial charge in [-0.2, -0.15) is 0 Å². The lowest BCUT2D eigenvalue weighted by molar-refractivity contribution is -0.888. The molecule has 1 aromatic rings. The second kappa shape index (κ2) is 10.2. The SMILES string of the molecule is CCOc1ccc(C2CC(=O)NC(=S)C2=C=[N-])cc1.C[NH+]1CCOCC1. The number of rotatable bonds is 3. The van der Waals surface area contributed by atoms with Crippen molar-refractivity contribution in [2.45, 2.75) is 19.3 Å². The number of ether oxygens (including phenoxy) is 2. The number of hydrogen-bond acceptors (Lipinski definition) is 4. The van der Waals surface area contributed by atoms with Gasteiger partial charge in [0.25, 0.3) is 0 Å². The quantitative estimate of drug-likeness (QED) is 0.464. The molecule has 0 aliphatic carbocycles. The minimum Gasteiger partial charge on any atom is -0.763 e. The van der Waals surface area contributed by atoms with Gasteiger partial charge in [0.2, 0.25) is 5.91 Å². The molecule has 26 heavy (non-hydrogen) atoms. The van der Waals surface area contributed by atoms with Crippen LogP contribution in [0.2, 0.25) is 0 Å². The lowest BCUT2D eigenvalue weighted by atomic mass is 9.86. The van der Waals surface area contributed by atoms with Crippen molar-refractivity contribution in [3.8, 4) is 5.75 Å². The number of morpholine rings is 1. The molecule has 0 bridgehead atoms. The summed E-state index contributed by atoms with van der Waals surface area (Å²) >= 11 is 5.03. The van der Waals surface area contributed by atoms with Gasteiger partial charge in [0.1, 0.15) is 23.8 Å². The van der Waals surface area contributed by atoms with Crippen LogP contribution in [0, 0.1) is 0 Å². The number of quaternary nitrogens is 1. The first kappa shape index (κ1) is 20.3. The highest BCUT2D eigenvalue weighted by Crippen LogP contribution is 2.31. The van der Waals surface area contributed by atoms with Crippen LogP contribution in [-0.2, 0) is 9.53 Å². The second-order valence-electron chi connectivity index (χ2n) is 6.23. The number of benzene rings is 1. The van der Waals surface area contributed by atoms with E-state index in [0.29, 0.717) is 12.2 Å². The van der Waals surface area contributed by atoms with E-state index in [9.17, 15) is 4.79 Å². The fourth-order valence-electron chi connectivity index (χ4n) is 2.79. The number of nitrogens with one attached hydrogen (secondary N) is 2. The number of carbonyl (C=O) groups is 1. The summed E-state index contributed by atoms with van der Waals surface area (Å²) in [5.74, 6) is 2.45. The van der Waals surface area contributed by atoms with Gasteiger partial charge in [0.15, 0.2) is 0 Å². The maximum absolute atomic E-state index is 11.5. The largest absolute Gasteiger partial charge is 0.763 e. The highest BCUT2D eigenvalue weighted by Gasteiger charge is 2.28. The fraction of sp³-hybridized carbons (Fsp3) is 0.474. The van der Waals surface area contributed by atoms with Crippen LogP contribution in [-0.4, -0.2) is 56.7 Å². The number of piperidine rings is 1. The van der Waals surface area contributed by atoms with Crippen molar-refractivity contribution in [3.05, 3.63) is 40.8 Å². The van der Waals surface area contributed by atoms with Crippen molar-refractivity contribution in [1.29, 1.82) is 0 Å². The Bertz CT molecular complexity index is 678. The van der Waals surface area contributed by atoms with Crippen LogP contribution in [0.5, 0.6) is 5.75 Å². The molecule has 0 spiro atoms. The molecular weight excluding hydrogens is 350 g/mol. The Kier molecular flexibility index (Phi) is 7.94. The van der Waals surface area contributed by atoms with Crippen molar-refractivity contribution in [3.63, 3.8) is 0 Å². The molecule has 3 rings (SSSR count). The second-order valence-corrected chi connectivity index (χ2v) is 6.64. The maximum atomic E-state index is 11.5. The van der Waals surface area contributed by atoms with E-state index in [-0.39, 0.29) is 23.2 Å². The van der Waals surface area contributed by atoms with Gasteiger partial charge in [-0.3, -0.25) is 10.7 Å². The average molecular weight is 375 g/mol. The van der Waals surface area contributed by atoms with Crippen LogP contribution in [0.15, 0.2) is 29.8 Å². The summed E-state index contributed by atoms with van der Waals surface area (Å²) in [6.45, 7) is 6.78. The molecule has 7 heteroatoms. The van der Waals surface area contributed by atoms with Gasteiger partial charge in [-0.25, -0.2) is 0 Å². The first-order chi connectivity index (χ1) is 12.5. The standard InChI is InChI=1S/C14H13N2O2S.C5H11NO/c1-2-18-10-5-3-9(4-6-10)11-7-13(17)16-14(19)12(11)8-15;1-6-2-4-7-5-3-6/h3-6,11H,2,7H2,1H3,(H,16,17,19);2-5H2,1H3/q-1;/p+1. The van der Waals surface area contributed by atoms with Crippen LogP contribution in [0.4, 0.5) is 0 Å². The fourth-order valence-corrected chi connectivity index (χ4v) is 3.09. The molecular formula is C19H25N3O3S. The Labute approximate surface area is 159 Å². The Balaban J connectivity index is 0.000000290. The molecule has 2 saturated heterocycles.